The molecular weight excluding hydrogens is 437 g/mol. The molecular formula is C14H11BrINO3. The van der Waals surface area contributed by atoms with Crippen molar-refractivity contribution in [1.29, 1.82) is 0 Å². The van der Waals surface area contributed by atoms with Crippen LogP contribution in [0, 0.1) is 27.5 Å². The number of hydrogen-bond donors (Lipinski definition) is 0. The molecule has 0 aliphatic carbocycles. The molecule has 104 valence electrons. The number of aryl methyl sites for hydroxylation is 2. The van der Waals surface area contributed by atoms with Crippen LogP contribution in [-0.4, -0.2) is 4.92 Å². The van der Waals surface area contributed by atoms with Crippen molar-refractivity contribution in [3.05, 3.63) is 59.6 Å². The van der Waals surface area contributed by atoms with Crippen LogP contribution in [0.25, 0.3) is 0 Å². The fraction of sp³-hybridized carbons (Fsp3) is 0.143. The van der Waals surface area contributed by atoms with Gasteiger partial charge in [0.25, 0.3) is 5.69 Å². The first-order valence-corrected chi connectivity index (χ1v) is 7.64. The Bertz CT molecular complexity index is 665. The second-order valence-corrected chi connectivity index (χ2v) is 6.30. The monoisotopic (exact) mass is 447 g/mol. The van der Waals surface area contributed by atoms with E-state index >= 15 is 0 Å². The van der Waals surface area contributed by atoms with Crippen molar-refractivity contribution in [2.24, 2.45) is 0 Å². The highest BCUT2D eigenvalue weighted by Gasteiger charge is 2.11. The molecule has 0 aliphatic rings. The molecule has 0 heterocycles. The molecule has 0 fully saturated rings. The molecule has 0 aromatic heterocycles. The first-order valence-electron chi connectivity index (χ1n) is 5.77. The van der Waals surface area contributed by atoms with Crippen molar-refractivity contribution in [2.75, 3.05) is 0 Å². The summed E-state index contributed by atoms with van der Waals surface area (Å²) in [5, 5.41) is 10.7. The molecule has 6 heteroatoms. The number of non-ortho nitro benzene ring substituents is 1. The van der Waals surface area contributed by atoms with E-state index in [4.69, 9.17) is 4.74 Å². The number of nitro groups is 1. The zero-order valence-corrected chi connectivity index (χ0v) is 14.6. The number of nitro benzene ring substituents is 1. The molecule has 0 saturated carbocycles. The largest absolute Gasteiger partial charge is 0.456 e. The fourth-order valence-electron chi connectivity index (χ4n) is 1.78. The summed E-state index contributed by atoms with van der Waals surface area (Å²) in [5.41, 5.74) is 2.22. The Balaban J connectivity index is 2.33. The average molecular weight is 448 g/mol. The van der Waals surface area contributed by atoms with Crippen molar-refractivity contribution in [1.82, 2.24) is 0 Å². The molecule has 0 amide bonds. The molecule has 0 saturated heterocycles. The predicted molar refractivity (Wildman–Crippen MR) is 89.5 cm³/mol. The van der Waals surface area contributed by atoms with Crippen molar-refractivity contribution in [2.45, 2.75) is 13.8 Å². The van der Waals surface area contributed by atoms with E-state index in [2.05, 4.69) is 15.9 Å². The van der Waals surface area contributed by atoms with Gasteiger partial charge in [-0.25, -0.2) is 0 Å². The fourth-order valence-corrected chi connectivity index (χ4v) is 2.62. The first-order chi connectivity index (χ1) is 9.38. The number of rotatable bonds is 3. The van der Waals surface area contributed by atoms with Gasteiger partial charge in [0.2, 0.25) is 0 Å². The highest BCUT2D eigenvalue weighted by Crippen LogP contribution is 2.33. The van der Waals surface area contributed by atoms with Crippen molar-refractivity contribution >= 4 is 44.2 Å². The maximum Gasteiger partial charge on any atom is 0.270 e. The van der Waals surface area contributed by atoms with Crippen LogP contribution in [0.2, 0.25) is 0 Å². The quantitative estimate of drug-likeness (QED) is 0.361. The molecule has 4 nitrogen and oxygen atoms in total. The van der Waals surface area contributed by atoms with Gasteiger partial charge in [-0.3, -0.25) is 10.1 Å². The highest BCUT2D eigenvalue weighted by atomic mass is 127. The molecule has 2 aromatic carbocycles. The molecule has 0 unspecified atom stereocenters. The molecule has 0 N–H and O–H groups in total. The SMILES string of the molecule is Cc1cc(Oc2ccc([N+](=O)[O-])cc2I)cc(C)c1Br. The summed E-state index contributed by atoms with van der Waals surface area (Å²) in [6.07, 6.45) is 0. The van der Waals surface area contributed by atoms with Gasteiger partial charge in [0.1, 0.15) is 11.5 Å². The van der Waals surface area contributed by atoms with Gasteiger partial charge in [-0.2, -0.15) is 0 Å². The van der Waals surface area contributed by atoms with E-state index in [1.165, 1.54) is 12.1 Å². The smallest absolute Gasteiger partial charge is 0.270 e. The minimum absolute atomic E-state index is 0.0601. The summed E-state index contributed by atoms with van der Waals surface area (Å²) in [6, 6.07) is 8.40. The van der Waals surface area contributed by atoms with E-state index in [1.807, 2.05) is 48.6 Å². The normalized spacial score (nSPS) is 10.4. The van der Waals surface area contributed by atoms with Crippen LogP contribution < -0.4 is 4.74 Å². The van der Waals surface area contributed by atoms with E-state index in [0.29, 0.717) is 9.32 Å². The molecule has 0 spiro atoms. The van der Waals surface area contributed by atoms with Gasteiger partial charge in [0.05, 0.1) is 8.49 Å². The van der Waals surface area contributed by atoms with Gasteiger partial charge in [-0.05, 0) is 65.8 Å². The van der Waals surface area contributed by atoms with Crippen LogP contribution in [0.1, 0.15) is 11.1 Å². The lowest BCUT2D eigenvalue weighted by atomic mass is 10.1. The van der Waals surface area contributed by atoms with Crippen LogP contribution in [0.15, 0.2) is 34.8 Å². The van der Waals surface area contributed by atoms with Crippen LogP contribution in [0.5, 0.6) is 11.5 Å². The standard InChI is InChI=1S/C14H11BrINO3/c1-8-5-11(6-9(2)14(8)15)20-13-4-3-10(17(18)19)7-12(13)16/h3-7H,1-2H3. The maximum atomic E-state index is 10.7. The Kier molecular flexibility index (Phi) is 4.64. The van der Waals surface area contributed by atoms with Crippen LogP contribution in [0.4, 0.5) is 5.69 Å². The third kappa shape index (κ3) is 3.29. The zero-order valence-electron chi connectivity index (χ0n) is 10.8. The lowest BCUT2D eigenvalue weighted by Gasteiger charge is -2.11. The number of ether oxygens (including phenoxy) is 1. The van der Waals surface area contributed by atoms with Gasteiger partial charge in [0.15, 0.2) is 0 Å². The minimum Gasteiger partial charge on any atom is -0.456 e. The van der Waals surface area contributed by atoms with Crippen LogP contribution >= 0.6 is 38.5 Å². The summed E-state index contributed by atoms with van der Waals surface area (Å²) in [4.78, 5) is 10.3. The van der Waals surface area contributed by atoms with Crippen LogP contribution in [-0.2, 0) is 0 Å². The summed E-state index contributed by atoms with van der Waals surface area (Å²) >= 11 is 5.54. The zero-order chi connectivity index (χ0) is 14.9. The molecule has 0 atom stereocenters. The topological polar surface area (TPSA) is 52.4 Å². The van der Waals surface area contributed by atoms with Gasteiger partial charge in [-0.1, -0.05) is 15.9 Å². The summed E-state index contributed by atoms with van der Waals surface area (Å²) in [5.74, 6) is 1.33. The molecule has 20 heavy (non-hydrogen) atoms. The van der Waals surface area contributed by atoms with E-state index in [1.54, 1.807) is 6.07 Å². The van der Waals surface area contributed by atoms with E-state index < -0.39 is 4.92 Å². The Morgan fingerprint density at radius 1 is 1.20 bits per heavy atom. The Morgan fingerprint density at radius 2 is 1.80 bits per heavy atom. The Hall–Kier alpha value is -1.15. The summed E-state index contributed by atoms with van der Waals surface area (Å²) < 4.78 is 7.57. The lowest BCUT2D eigenvalue weighted by molar-refractivity contribution is -0.385. The summed E-state index contributed by atoms with van der Waals surface area (Å²) in [7, 11) is 0. The van der Waals surface area contributed by atoms with Crippen LogP contribution in [0.3, 0.4) is 0 Å². The van der Waals surface area contributed by atoms with Gasteiger partial charge < -0.3 is 4.74 Å². The van der Waals surface area contributed by atoms with Crippen molar-refractivity contribution < 1.29 is 9.66 Å². The van der Waals surface area contributed by atoms with Gasteiger partial charge >= 0.3 is 0 Å². The maximum absolute atomic E-state index is 10.7. The lowest BCUT2D eigenvalue weighted by Crippen LogP contribution is -1.93. The van der Waals surface area contributed by atoms with E-state index in [0.717, 1.165) is 21.3 Å². The number of benzene rings is 2. The highest BCUT2D eigenvalue weighted by molar-refractivity contribution is 14.1. The molecule has 2 aromatic rings. The van der Waals surface area contributed by atoms with Gasteiger partial charge in [0, 0.05) is 16.6 Å². The average Bonchev–Trinajstić information content (AvgIpc) is 2.38. The number of halogens is 2. The van der Waals surface area contributed by atoms with E-state index in [-0.39, 0.29) is 5.69 Å². The predicted octanol–water partition coefficient (Wildman–Crippen LogP) is 5.37. The molecule has 0 aliphatic heterocycles. The third-order valence-electron chi connectivity index (χ3n) is 2.76. The molecule has 2 rings (SSSR count). The van der Waals surface area contributed by atoms with E-state index in [9.17, 15) is 10.1 Å². The number of nitrogens with zero attached hydrogens (tertiary/aromatic N) is 1. The second-order valence-electron chi connectivity index (χ2n) is 4.34. The number of hydrogen-bond acceptors (Lipinski definition) is 3. The van der Waals surface area contributed by atoms with Crippen molar-refractivity contribution in [3.63, 3.8) is 0 Å². The van der Waals surface area contributed by atoms with Gasteiger partial charge in [-0.15, -0.1) is 0 Å². The third-order valence-corrected chi connectivity index (χ3v) is 4.86. The summed E-state index contributed by atoms with van der Waals surface area (Å²) in [6.45, 7) is 3.98. The Morgan fingerprint density at radius 3 is 2.30 bits per heavy atom. The Labute approximate surface area is 138 Å². The minimum atomic E-state index is -0.417. The second kappa shape index (κ2) is 6.09. The molecule has 0 radical (unpaired) electrons. The van der Waals surface area contributed by atoms with Crippen molar-refractivity contribution in [3.8, 4) is 11.5 Å². The first kappa shape index (κ1) is 15.2. The molecule has 0 bridgehead atoms.